The molecular formula is C20H32ClN5OSi. The molecule has 1 fully saturated rings. The van der Waals surface area contributed by atoms with Gasteiger partial charge < -0.3 is 15.1 Å². The molecule has 0 bridgehead atoms. The molecule has 1 saturated heterocycles. The second-order valence-corrected chi connectivity index (χ2v) is 14.6. The number of nitrogens with two attached hydrogens (primary N) is 1. The number of rotatable bonds is 5. The maximum Gasteiger partial charge on any atom is 0.191 e. The van der Waals surface area contributed by atoms with Crippen LogP contribution in [-0.2, 0) is 4.43 Å². The molecule has 3 heterocycles. The molecule has 0 radical (unpaired) electrons. The van der Waals surface area contributed by atoms with Crippen molar-refractivity contribution in [2.75, 3.05) is 24.6 Å². The SMILES string of the molecule is CC(C)(C)[Si](C)(C)OCCC1(N)CCN(c2cnc3nc(Cl)ccc3n2)CC1. The average molecular weight is 422 g/mol. The van der Waals surface area contributed by atoms with Crippen LogP contribution >= 0.6 is 11.6 Å². The third-order valence-electron chi connectivity index (χ3n) is 6.31. The highest BCUT2D eigenvalue weighted by Gasteiger charge is 2.38. The smallest absolute Gasteiger partial charge is 0.191 e. The van der Waals surface area contributed by atoms with E-state index in [1.165, 1.54) is 0 Å². The van der Waals surface area contributed by atoms with Crippen molar-refractivity contribution in [2.45, 2.75) is 63.7 Å². The number of hydrogen-bond donors (Lipinski definition) is 1. The quantitative estimate of drug-likeness (QED) is 0.569. The number of piperidine rings is 1. The summed E-state index contributed by atoms with van der Waals surface area (Å²) in [5.74, 6) is 0.871. The van der Waals surface area contributed by atoms with E-state index in [1.54, 1.807) is 12.3 Å². The van der Waals surface area contributed by atoms with Crippen LogP contribution in [0.25, 0.3) is 11.2 Å². The number of anilines is 1. The summed E-state index contributed by atoms with van der Waals surface area (Å²) in [5, 5.41) is 0.659. The molecule has 2 aromatic heterocycles. The molecule has 2 aromatic rings. The van der Waals surface area contributed by atoms with Gasteiger partial charge in [0.15, 0.2) is 14.0 Å². The molecule has 1 aliphatic heterocycles. The Kier molecular flexibility index (Phi) is 6.01. The van der Waals surface area contributed by atoms with E-state index in [4.69, 9.17) is 26.7 Å². The Morgan fingerprint density at radius 3 is 2.54 bits per heavy atom. The standard InChI is InChI=1S/C20H32ClN5OSi/c1-19(2,3)28(4,5)27-13-10-20(22)8-11-26(12-9-20)17-14-23-18-15(24-17)6-7-16(21)25-18/h6-7,14H,8-13,22H2,1-5H3. The molecule has 0 amide bonds. The zero-order chi connectivity index (χ0) is 20.6. The van der Waals surface area contributed by atoms with Gasteiger partial charge in [-0.15, -0.1) is 0 Å². The van der Waals surface area contributed by atoms with Crippen molar-refractivity contribution in [1.29, 1.82) is 0 Å². The molecule has 154 valence electrons. The van der Waals surface area contributed by atoms with E-state index in [9.17, 15) is 0 Å². The van der Waals surface area contributed by atoms with Crippen LogP contribution in [0.1, 0.15) is 40.0 Å². The second kappa shape index (κ2) is 7.86. The Morgan fingerprint density at radius 1 is 1.21 bits per heavy atom. The van der Waals surface area contributed by atoms with Crippen LogP contribution in [0.5, 0.6) is 0 Å². The van der Waals surface area contributed by atoms with E-state index in [1.807, 2.05) is 6.07 Å². The van der Waals surface area contributed by atoms with E-state index < -0.39 is 8.32 Å². The molecule has 8 heteroatoms. The minimum atomic E-state index is -1.72. The van der Waals surface area contributed by atoms with Crippen LogP contribution in [0, 0.1) is 0 Å². The van der Waals surface area contributed by atoms with Crippen LogP contribution in [0.15, 0.2) is 18.3 Å². The van der Waals surface area contributed by atoms with Gasteiger partial charge in [-0.25, -0.2) is 15.0 Å². The molecule has 0 atom stereocenters. The Labute approximate surface area is 174 Å². The Bertz CT molecular complexity index is 831. The van der Waals surface area contributed by atoms with Gasteiger partial charge in [0.1, 0.15) is 16.5 Å². The lowest BCUT2D eigenvalue weighted by Crippen LogP contribution is -2.52. The Morgan fingerprint density at radius 2 is 1.89 bits per heavy atom. The first-order valence-electron chi connectivity index (χ1n) is 9.96. The molecule has 2 N–H and O–H groups in total. The molecule has 6 nitrogen and oxygen atoms in total. The van der Waals surface area contributed by atoms with Crippen LogP contribution < -0.4 is 10.6 Å². The average Bonchev–Trinajstić information content (AvgIpc) is 2.61. The highest BCUT2D eigenvalue weighted by Crippen LogP contribution is 2.37. The highest BCUT2D eigenvalue weighted by molar-refractivity contribution is 6.74. The minimum Gasteiger partial charge on any atom is -0.417 e. The zero-order valence-electron chi connectivity index (χ0n) is 17.6. The first-order chi connectivity index (χ1) is 13.0. The van der Waals surface area contributed by atoms with Crippen molar-refractivity contribution in [3.05, 3.63) is 23.5 Å². The lowest BCUT2D eigenvalue weighted by molar-refractivity contribution is 0.216. The number of halogens is 1. The summed E-state index contributed by atoms with van der Waals surface area (Å²) in [7, 11) is -1.72. The van der Waals surface area contributed by atoms with Crippen LogP contribution in [-0.4, -0.2) is 48.5 Å². The summed E-state index contributed by atoms with van der Waals surface area (Å²) >= 11 is 5.92. The topological polar surface area (TPSA) is 77.2 Å². The maximum absolute atomic E-state index is 6.69. The second-order valence-electron chi connectivity index (χ2n) is 9.41. The first kappa shape index (κ1) is 21.4. The molecule has 1 aliphatic rings. The number of fused-ring (bicyclic) bond motifs is 1. The predicted molar refractivity (Wildman–Crippen MR) is 118 cm³/mol. The van der Waals surface area contributed by atoms with Gasteiger partial charge in [0.25, 0.3) is 0 Å². The largest absolute Gasteiger partial charge is 0.417 e. The molecular weight excluding hydrogens is 390 g/mol. The summed E-state index contributed by atoms with van der Waals surface area (Å²) in [6.07, 6.45) is 4.52. The fourth-order valence-electron chi connectivity index (χ4n) is 3.18. The normalized spacial score (nSPS) is 17.9. The van der Waals surface area contributed by atoms with E-state index >= 15 is 0 Å². The summed E-state index contributed by atoms with van der Waals surface area (Å²) in [6, 6.07) is 3.60. The summed E-state index contributed by atoms with van der Waals surface area (Å²) in [5.41, 5.74) is 7.86. The van der Waals surface area contributed by atoms with Crippen LogP contribution in [0.2, 0.25) is 23.3 Å². The molecule has 0 spiro atoms. The molecule has 0 unspecified atom stereocenters. The molecule has 0 aromatic carbocycles. The van der Waals surface area contributed by atoms with E-state index in [0.717, 1.165) is 50.3 Å². The molecule has 0 saturated carbocycles. The van der Waals surface area contributed by atoms with Crippen molar-refractivity contribution in [3.8, 4) is 0 Å². The summed E-state index contributed by atoms with van der Waals surface area (Å²) < 4.78 is 6.34. The third kappa shape index (κ3) is 4.82. The van der Waals surface area contributed by atoms with Crippen molar-refractivity contribution >= 4 is 36.9 Å². The predicted octanol–water partition coefficient (Wildman–Crippen LogP) is 4.39. The highest BCUT2D eigenvalue weighted by atomic mass is 35.5. The molecule has 28 heavy (non-hydrogen) atoms. The first-order valence-corrected chi connectivity index (χ1v) is 13.2. The molecule has 3 rings (SSSR count). The fourth-order valence-corrected chi connectivity index (χ4v) is 4.37. The maximum atomic E-state index is 6.69. The monoisotopic (exact) mass is 421 g/mol. The van der Waals surface area contributed by atoms with Gasteiger partial charge in [0.05, 0.1) is 6.20 Å². The van der Waals surface area contributed by atoms with Gasteiger partial charge >= 0.3 is 0 Å². The zero-order valence-corrected chi connectivity index (χ0v) is 19.4. The number of aromatic nitrogens is 3. The third-order valence-corrected chi connectivity index (χ3v) is 11.1. The van der Waals surface area contributed by atoms with Gasteiger partial charge in [-0.05, 0) is 49.5 Å². The fraction of sp³-hybridized carbons (Fsp3) is 0.650. The minimum absolute atomic E-state index is 0.168. The number of nitrogens with zero attached hydrogens (tertiary/aromatic N) is 4. The van der Waals surface area contributed by atoms with Crippen LogP contribution in [0.3, 0.4) is 0 Å². The van der Waals surface area contributed by atoms with Gasteiger partial charge in [0.2, 0.25) is 0 Å². The van der Waals surface area contributed by atoms with Crippen molar-refractivity contribution in [2.24, 2.45) is 5.73 Å². The van der Waals surface area contributed by atoms with Crippen molar-refractivity contribution < 1.29 is 4.43 Å². The van der Waals surface area contributed by atoms with E-state index in [-0.39, 0.29) is 10.6 Å². The lowest BCUT2D eigenvalue weighted by atomic mass is 9.86. The summed E-state index contributed by atoms with van der Waals surface area (Å²) in [6.45, 7) is 13.9. The Hall–Kier alpha value is -1.28. The van der Waals surface area contributed by atoms with E-state index in [0.29, 0.717) is 10.8 Å². The van der Waals surface area contributed by atoms with Gasteiger partial charge in [-0.2, -0.15) is 0 Å². The Balaban J connectivity index is 1.57. The number of pyridine rings is 1. The van der Waals surface area contributed by atoms with Crippen molar-refractivity contribution in [3.63, 3.8) is 0 Å². The van der Waals surface area contributed by atoms with Gasteiger partial charge in [-0.1, -0.05) is 32.4 Å². The van der Waals surface area contributed by atoms with E-state index in [2.05, 4.69) is 48.7 Å². The van der Waals surface area contributed by atoms with Gasteiger partial charge in [0, 0.05) is 25.2 Å². The lowest BCUT2D eigenvalue weighted by Gasteiger charge is -2.41. The number of hydrogen-bond acceptors (Lipinski definition) is 6. The summed E-state index contributed by atoms with van der Waals surface area (Å²) in [4.78, 5) is 15.5. The van der Waals surface area contributed by atoms with Crippen molar-refractivity contribution in [1.82, 2.24) is 15.0 Å². The van der Waals surface area contributed by atoms with Gasteiger partial charge in [-0.3, -0.25) is 0 Å². The van der Waals surface area contributed by atoms with Crippen LogP contribution in [0.4, 0.5) is 5.82 Å². The molecule has 0 aliphatic carbocycles.